The minimum Gasteiger partial charge on any atom is -0.464 e. The Balaban J connectivity index is 2.61. The molecule has 0 spiro atoms. The molecule has 110 valence electrons. The molecule has 0 aliphatic rings. The first kappa shape index (κ1) is 16.2. The quantitative estimate of drug-likeness (QED) is 0.770. The third-order valence-corrected chi connectivity index (χ3v) is 3.14. The number of rotatable bonds is 6. The third kappa shape index (κ3) is 4.35. The lowest BCUT2D eigenvalue weighted by Crippen LogP contribution is -2.44. The zero-order valence-corrected chi connectivity index (χ0v) is 12.1. The number of ether oxygens (including phenoxy) is 1. The van der Waals surface area contributed by atoms with E-state index < -0.39 is 24.0 Å². The van der Waals surface area contributed by atoms with Gasteiger partial charge in [-0.3, -0.25) is 4.79 Å². The summed E-state index contributed by atoms with van der Waals surface area (Å²) in [5.41, 5.74) is 6.96. The average molecular weight is 278 g/mol. The summed E-state index contributed by atoms with van der Waals surface area (Å²) in [6.07, 6.45) is 0. The molecule has 0 saturated heterocycles. The Bertz CT molecular complexity index is 448. The average Bonchev–Trinajstić information content (AvgIpc) is 2.46. The Morgan fingerprint density at radius 1 is 1.25 bits per heavy atom. The first-order valence-corrected chi connectivity index (χ1v) is 6.74. The van der Waals surface area contributed by atoms with Gasteiger partial charge in [0.2, 0.25) is 5.91 Å². The van der Waals surface area contributed by atoms with E-state index in [0.717, 1.165) is 5.56 Å². The fourth-order valence-electron chi connectivity index (χ4n) is 1.80. The van der Waals surface area contributed by atoms with Crippen LogP contribution in [0.15, 0.2) is 30.3 Å². The number of nitrogens with one attached hydrogen (secondary N) is 1. The van der Waals surface area contributed by atoms with Crippen LogP contribution in [0.25, 0.3) is 0 Å². The molecule has 0 bridgehead atoms. The van der Waals surface area contributed by atoms with Gasteiger partial charge < -0.3 is 15.8 Å². The van der Waals surface area contributed by atoms with Crippen LogP contribution in [0.1, 0.15) is 32.4 Å². The van der Waals surface area contributed by atoms with Gasteiger partial charge in [-0.1, -0.05) is 37.3 Å². The Hall–Kier alpha value is -1.88. The predicted octanol–water partition coefficient (Wildman–Crippen LogP) is 1.39. The molecule has 1 aromatic carbocycles. The SMILES string of the molecule is CCOC(=O)C(C)NC(=O)C(C)C(N)c1ccccc1. The molecule has 1 amide bonds. The number of nitrogens with two attached hydrogens (primary N) is 1. The molecule has 0 saturated carbocycles. The van der Waals surface area contributed by atoms with Crippen LogP contribution in [0.2, 0.25) is 0 Å². The highest BCUT2D eigenvalue weighted by Crippen LogP contribution is 2.19. The maximum atomic E-state index is 12.1. The van der Waals surface area contributed by atoms with Crippen molar-refractivity contribution in [2.75, 3.05) is 6.61 Å². The van der Waals surface area contributed by atoms with Crippen molar-refractivity contribution in [3.05, 3.63) is 35.9 Å². The standard InChI is InChI=1S/C15H22N2O3/c1-4-20-15(19)11(3)17-14(18)10(2)13(16)12-8-6-5-7-9-12/h5-11,13H,4,16H2,1-3H3,(H,17,18). The highest BCUT2D eigenvalue weighted by atomic mass is 16.5. The molecule has 5 heteroatoms. The van der Waals surface area contributed by atoms with E-state index in [4.69, 9.17) is 10.5 Å². The second-order valence-electron chi connectivity index (χ2n) is 4.71. The van der Waals surface area contributed by atoms with E-state index in [1.54, 1.807) is 20.8 Å². The number of hydrogen-bond donors (Lipinski definition) is 2. The third-order valence-electron chi connectivity index (χ3n) is 3.14. The number of amides is 1. The van der Waals surface area contributed by atoms with Crippen LogP contribution >= 0.6 is 0 Å². The van der Waals surface area contributed by atoms with Crippen LogP contribution < -0.4 is 11.1 Å². The van der Waals surface area contributed by atoms with Gasteiger partial charge in [-0.2, -0.15) is 0 Å². The lowest BCUT2D eigenvalue weighted by atomic mass is 9.94. The summed E-state index contributed by atoms with van der Waals surface area (Å²) in [5.74, 6) is -1.14. The Kier molecular flexibility index (Phi) is 6.18. The van der Waals surface area contributed by atoms with Gasteiger partial charge in [-0.05, 0) is 19.4 Å². The summed E-state index contributed by atoms with van der Waals surface area (Å²) < 4.78 is 4.84. The number of hydrogen-bond acceptors (Lipinski definition) is 4. The van der Waals surface area contributed by atoms with Crippen molar-refractivity contribution in [2.24, 2.45) is 11.7 Å². The largest absolute Gasteiger partial charge is 0.464 e. The molecule has 3 atom stereocenters. The van der Waals surface area contributed by atoms with Crippen molar-refractivity contribution in [1.82, 2.24) is 5.32 Å². The fraction of sp³-hybridized carbons (Fsp3) is 0.467. The van der Waals surface area contributed by atoms with Crippen molar-refractivity contribution < 1.29 is 14.3 Å². The van der Waals surface area contributed by atoms with Gasteiger partial charge in [0.05, 0.1) is 12.5 Å². The van der Waals surface area contributed by atoms with Crippen molar-refractivity contribution in [3.63, 3.8) is 0 Å². The minimum atomic E-state index is -0.673. The number of esters is 1. The molecule has 0 heterocycles. The molecule has 5 nitrogen and oxygen atoms in total. The lowest BCUT2D eigenvalue weighted by molar-refractivity contribution is -0.147. The van der Waals surface area contributed by atoms with Crippen molar-refractivity contribution in [2.45, 2.75) is 32.9 Å². The molecule has 1 aromatic rings. The number of carbonyl (C=O) groups is 2. The molecule has 1 rings (SSSR count). The van der Waals surface area contributed by atoms with Gasteiger partial charge in [0.15, 0.2) is 0 Å². The van der Waals surface area contributed by atoms with E-state index in [1.807, 2.05) is 30.3 Å². The van der Waals surface area contributed by atoms with E-state index in [9.17, 15) is 9.59 Å². The summed E-state index contributed by atoms with van der Waals surface area (Å²) >= 11 is 0. The van der Waals surface area contributed by atoms with Crippen molar-refractivity contribution >= 4 is 11.9 Å². The van der Waals surface area contributed by atoms with Gasteiger partial charge in [0.1, 0.15) is 6.04 Å². The second kappa shape index (κ2) is 7.65. The van der Waals surface area contributed by atoms with Gasteiger partial charge in [-0.15, -0.1) is 0 Å². The highest BCUT2D eigenvalue weighted by Gasteiger charge is 2.25. The minimum absolute atomic E-state index is 0.262. The van der Waals surface area contributed by atoms with Crippen molar-refractivity contribution in [3.8, 4) is 0 Å². The monoisotopic (exact) mass is 278 g/mol. The molecule has 3 N–H and O–H groups in total. The van der Waals surface area contributed by atoms with Crippen LogP contribution in [0.5, 0.6) is 0 Å². The lowest BCUT2D eigenvalue weighted by Gasteiger charge is -2.21. The summed E-state index contributed by atoms with van der Waals surface area (Å²) in [5, 5.41) is 2.62. The smallest absolute Gasteiger partial charge is 0.328 e. The summed E-state index contributed by atoms with van der Waals surface area (Å²) in [6.45, 7) is 5.35. The Morgan fingerprint density at radius 2 is 1.85 bits per heavy atom. The normalized spacial score (nSPS) is 15.0. The Labute approximate surface area is 119 Å². The molecule has 0 aliphatic carbocycles. The summed E-state index contributed by atoms with van der Waals surface area (Å²) in [7, 11) is 0. The van der Waals surface area contributed by atoms with Gasteiger partial charge >= 0.3 is 5.97 Å². The zero-order chi connectivity index (χ0) is 15.1. The second-order valence-corrected chi connectivity index (χ2v) is 4.71. The van der Waals surface area contributed by atoms with E-state index in [-0.39, 0.29) is 12.5 Å². The highest BCUT2D eigenvalue weighted by molar-refractivity contribution is 5.85. The van der Waals surface area contributed by atoms with Crippen LogP contribution in [-0.4, -0.2) is 24.5 Å². The van der Waals surface area contributed by atoms with Crippen LogP contribution in [0, 0.1) is 5.92 Å². The van der Waals surface area contributed by atoms with E-state index >= 15 is 0 Å². The van der Waals surface area contributed by atoms with Crippen LogP contribution in [0.4, 0.5) is 0 Å². The number of carbonyl (C=O) groups excluding carboxylic acids is 2. The summed E-state index contributed by atoms with van der Waals surface area (Å²) in [4.78, 5) is 23.6. The molecular weight excluding hydrogens is 256 g/mol. The molecule has 0 aliphatic heterocycles. The molecule has 3 unspecified atom stereocenters. The molecule has 20 heavy (non-hydrogen) atoms. The maximum Gasteiger partial charge on any atom is 0.328 e. The van der Waals surface area contributed by atoms with Crippen LogP contribution in [-0.2, 0) is 14.3 Å². The Morgan fingerprint density at radius 3 is 2.40 bits per heavy atom. The maximum absolute atomic E-state index is 12.1. The van der Waals surface area contributed by atoms with E-state index in [2.05, 4.69) is 5.32 Å². The topological polar surface area (TPSA) is 81.4 Å². The predicted molar refractivity (Wildman–Crippen MR) is 76.8 cm³/mol. The van der Waals surface area contributed by atoms with Crippen molar-refractivity contribution in [1.29, 1.82) is 0 Å². The molecule has 0 aromatic heterocycles. The van der Waals surface area contributed by atoms with E-state index in [0.29, 0.717) is 0 Å². The molecular formula is C15H22N2O3. The first-order valence-electron chi connectivity index (χ1n) is 6.74. The van der Waals surface area contributed by atoms with Gasteiger partial charge in [-0.25, -0.2) is 4.79 Å². The summed E-state index contributed by atoms with van der Waals surface area (Å²) in [6, 6.07) is 8.32. The van der Waals surface area contributed by atoms with Gasteiger partial charge in [0, 0.05) is 6.04 Å². The fourth-order valence-corrected chi connectivity index (χ4v) is 1.80. The van der Waals surface area contributed by atoms with Crippen LogP contribution in [0.3, 0.4) is 0 Å². The van der Waals surface area contributed by atoms with E-state index in [1.165, 1.54) is 0 Å². The molecule has 0 radical (unpaired) electrons. The zero-order valence-electron chi connectivity index (χ0n) is 12.1. The first-order chi connectivity index (χ1) is 9.47. The number of benzene rings is 1. The molecule has 0 fully saturated rings. The van der Waals surface area contributed by atoms with Gasteiger partial charge in [0.25, 0.3) is 0 Å².